The van der Waals surface area contributed by atoms with Gasteiger partial charge in [0.25, 0.3) is 0 Å². The van der Waals surface area contributed by atoms with E-state index in [1.165, 1.54) is 32.4 Å². The molecule has 2 aromatic carbocycles. The summed E-state index contributed by atoms with van der Waals surface area (Å²) >= 11 is 6.02. The Morgan fingerprint density at radius 3 is 2.31 bits per heavy atom. The number of ether oxygens (including phenoxy) is 2. The van der Waals surface area contributed by atoms with Crippen LogP contribution < -0.4 is 10.6 Å². The van der Waals surface area contributed by atoms with Crippen molar-refractivity contribution in [2.24, 2.45) is 0 Å². The number of para-hydroxylation sites is 1. The predicted molar refractivity (Wildman–Crippen MR) is 97.7 cm³/mol. The van der Waals surface area contributed by atoms with Crippen LogP contribution in [0.5, 0.6) is 0 Å². The average Bonchev–Trinajstić information content (AvgIpc) is 2.66. The minimum Gasteiger partial charge on any atom is -0.465 e. The van der Waals surface area contributed by atoms with Crippen molar-refractivity contribution in [3.05, 3.63) is 58.6 Å². The van der Waals surface area contributed by atoms with Crippen LogP contribution in [0, 0.1) is 0 Å². The molecule has 0 unspecified atom stereocenters. The maximum absolute atomic E-state index is 12.2. The van der Waals surface area contributed by atoms with Crippen molar-refractivity contribution in [3.63, 3.8) is 0 Å². The number of rotatable bonds is 6. The van der Waals surface area contributed by atoms with Gasteiger partial charge in [-0.05, 0) is 30.3 Å². The number of amides is 1. The molecule has 2 aromatic rings. The highest BCUT2D eigenvalue weighted by Gasteiger charge is 2.17. The zero-order valence-corrected chi connectivity index (χ0v) is 14.9. The third-order valence-corrected chi connectivity index (χ3v) is 3.76. The van der Waals surface area contributed by atoms with Gasteiger partial charge in [0.05, 0.1) is 48.3 Å². The van der Waals surface area contributed by atoms with Crippen LogP contribution in [0.25, 0.3) is 0 Å². The smallest absolute Gasteiger partial charge is 0.339 e. The second-order valence-electron chi connectivity index (χ2n) is 5.13. The molecule has 1 amide bonds. The van der Waals surface area contributed by atoms with Gasteiger partial charge >= 0.3 is 11.9 Å². The molecule has 0 saturated heterocycles. The Morgan fingerprint density at radius 2 is 1.65 bits per heavy atom. The summed E-state index contributed by atoms with van der Waals surface area (Å²) in [4.78, 5) is 35.8. The van der Waals surface area contributed by atoms with Gasteiger partial charge in [-0.15, -0.1) is 0 Å². The number of hydrogen-bond acceptors (Lipinski definition) is 6. The van der Waals surface area contributed by atoms with Gasteiger partial charge in [-0.2, -0.15) is 0 Å². The Labute approximate surface area is 155 Å². The standard InChI is InChI=1S/C18H17ClN2O5/c1-25-17(23)11-7-8-12(18(24)26-2)15(9-11)21-16(22)10-20-14-6-4-3-5-13(14)19/h3-9,20H,10H2,1-2H3,(H,21,22). The van der Waals surface area contributed by atoms with Crippen molar-refractivity contribution in [2.45, 2.75) is 0 Å². The first-order chi connectivity index (χ1) is 12.5. The zero-order chi connectivity index (χ0) is 19.1. The lowest BCUT2D eigenvalue weighted by molar-refractivity contribution is -0.114. The second-order valence-corrected chi connectivity index (χ2v) is 5.53. The number of carbonyl (C=O) groups is 3. The lowest BCUT2D eigenvalue weighted by Gasteiger charge is -2.12. The van der Waals surface area contributed by atoms with Gasteiger partial charge < -0.3 is 20.1 Å². The van der Waals surface area contributed by atoms with Crippen molar-refractivity contribution < 1.29 is 23.9 Å². The van der Waals surface area contributed by atoms with E-state index in [2.05, 4.69) is 15.4 Å². The molecule has 0 aromatic heterocycles. The number of carbonyl (C=O) groups excluding carboxylic acids is 3. The Morgan fingerprint density at radius 1 is 0.962 bits per heavy atom. The fourth-order valence-corrected chi connectivity index (χ4v) is 2.36. The molecular formula is C18H17ClN2O5. The maximum Gasteiger partial charge on any atom is 0.339 e. The minimum atomic E-state index is -0.643. The molecular weight excluding hydrogens is 360 g/mol. The highest BCUT2D eigenvalue weighted by atomic mass is 35.5. The SMILES string of the molecule is COC(=O)c1ccc(C(=O)OC)c(NC(=O)CNc2ccccc2Cl)c1. The van der Waals surface area contributed by atoms with Crippen LogP contribution in [0.1, 0.15) is 20.7 Å². The van der Waals surface area contributed by atoms with Crippen molar-refractivity contribution in [1.82, 2.24) is 0 Å². The monoisotopic (exact) mass is 376 g/mol. The molecule has 0 saturated carbocycles. The summed E-state index contributed by atoms with van der Waals surface area (Å²) in [5.74, 6) is -1.67. The van der Waals surface area contributed by atoms with Crippen LogP contribution in [0.3, 0.4) is 0 Å². The summed E-state index contributed by atoms with van der Waals surface area (Å²) in [5.41, 5.74) is 1.05. The van der Waals surface area contributed by atoms with E-state index < -0.39 is 17.8 Å². The third-order valence-electron chi connectivity index (χ3n) is 3.43. The number of nitrogens with one attached hydrogen (secondary N) is 2. The van der Waals surface area contributed by atoms with Gasteiger partial charge in [-0.3, -0.25) is 4.79 Å². The van der Waals surface area contributed by atoms with Gasteiger partial charge in [0, 0.05) is 0 Å². The minimum absolute atomic E-state index is 0.0905. The summed E-state index contributed by atoms with van der Waals surface area (Å²) in [6.45, 7) is -0.0905. The van der Waals surface area contributed by atoms with E-state index in [1.54, 1.807) is 24.3 Å². The van der Waals surface area contributed by atoms with E-state index in [0.717, 1.165) is 0 Å². The predicted octanol–water partition coefficient (Wildman–Crippen LogP) is 2.96. The average molecular weight is 377 g/mol. The molecule has 7 nitrogen and oxygen atoms in total. The molecule has 136 valence electrons. The topological polar surface area (TPSA) is 93.7 Å². The summed E-state index contributed by atoms with van der Waals surface area (Å²) in [7, 11) is 2.46. The summed E-state index contributed by atoms with van der Waals surface area (Å²) in [6, 6.07) is 11.1. The van der Waals surface area contributed by atoms with Gasteiger partial charge in [-0.25, -0.2) is 9.59 Å². The normalized spacial score (nSPS) is 9.96. The first-order valence-electron chi connectivity index (χ1n) is 7.55. The van der Waals surface area contributed by atoms with Gasteiger partial charge in [0.2, 0.25) is 5.91 Å². The summed E-state index contributed by atoms with van der Waals surface area (Å²) in [6.07, 6.45) is 0. The second kappa shape index (κ2) is 8.87. The van der Waals surface area contributed by atoms with E-state index >= 15 is 0 Å². The molecule has 26 heavy (non-hydrogen) atoms. The van der Waals surface area contributed by atoms with Crippen LogP contribution in [0.4, 0.5) is 11.4 Å². The molecule has 2 N–H and O–H groups in total. The third kappa shape index (κ3) is 4.73. The molecule has 0 spiro atoms. The molecule has 0 atom stereocenters. The van der Waals surface area contributed by atoms with Crippen molar-refractivity contribution in [2.75, 3.05) is 31.4 Å². The van der Waals surface area contributed by atoms with E-state index in [9.17, 15) is 14.4 Å². The van der Waals surface area contributed by atoms with Crippen molar-refractivity contribution >= 4 is 40.8 Å². The van der Waals surface area contributed by atoms with E-state index in [4.69, 9.17) is 16.3 Å². The Hall–Kier alpha value is -3.06. The first kappa shape index (κ1) is 19.3. The molecule has 0 aliphatic rings. The molecule has 2 rings (SSSR count). The van der Waals surface area contributed by atoms with Gasteiger partial charge in [-0.1, -0.05) is 23.7 Å². The zero-order valence-electron chi connectivity index (χ0n) is 14.2. The molecule has 0 aliphatic heterocycles. The van der Waals surface area contributed by atoms with Crippen LogP contribution in [-0.2, 0) is 14.3 Å². The van der Waals surface area contributed by atoms with Gasteiger partial charge in [0.15, 0.2) is 0 Å². The van der Waals surface area contributed by atoms with E-state index in [0.29, 0.717) is 10.7 Å². The molecule has 8 heteroatoms. The fourth-order valence-electron chi connectivity index (χ4n) is 2.15. The lowest BCUT2D eigenvalue weighted by atomic mass is 10.1. The van der Waals surface area contributed by atoms with E-state index in [1.807, 2.05) is 0 Å². The van der Waals surface area contributed by atoms with E-state index in [-0.39, 0.29) is 23.4 Å². The number of hydrogen-bond donors (Lipinski definition) is 2. The summed E-state index contributed by atoms with van der Waals surface area (Å²) < 4.78 is 9.34. The lowest BCUT2D eigenvalue weighted by Crippen LogP contribution is -2.23. The van der Waals surface area contributed by atoms with Crippen LogP contribution in [0.15, 0.2) is 42.5 Å². The van der Waals surface area contributed by atoms with Crippen molar-refractivity contribution in [3.8, 4) is 0 Å². The molecule has 0 radical (unpaired) electrons. The highest BCUT2D eigenvalue weighted by molar-refractivity contribution is 6.33. The number of methoxy groups -OCH3 is 2. The molecule has 0 aliphatic carbocycles. The van der Waals surface area contributed by atoms with Crippen LogP contribution in [0.2, 0.25) is 5.02 Å². The number of anilines is 2. The quantitative estimate of drug-likeness (QED) is 0.753. The largest absolute Gasteiger partial charge is 0.465 e. The Balaban J connectivity index is 2.17. The molecule has 0 heterocycles. The number of esters is 2. The van der Waals surface area contributed by atoms with Crippen LogP contribution >= 0.6 is 11.6 Å². The highest BCUT2D eigenvalue weighted by Crippen LogP contribution is 2.21. The molecule has 0 bridgehead atoms. The van der Waals surface area contributed by atoms with Crippen LogP contribution in [-0.4, -0.2) is 38.6 Å². The summed E-state index contributed by atoms with van der Waals surface area (Å²) in [5, 5.41) is 5.95. The Bertz CT molecular complexity index is 838. The Kier molecular flexibility index (Phi) is 6.57. The fraction of sp³-hybridized carbons (Fsp3) is 0.167. The van der Waals surface area contributed by atoms with Crippen molar-refractivity contribution in [1.29, 1.82) is 0 Å². The molecule has 0 fully saturated rings. The number of halogens is 1. The number of benzene rings is 2. The van der Waals surface area contributed by atoms with Gasteiger partial charge in [0.1, 0.15) is 0 Å². The first-order valence-corrected chi connectivity index (χ1v) is 7.93. The maximum atomic E-state index is 12.2.